The van der Waals surface area contributed by atoms with Crippen LogP contribution in [0, 0.1) is 0 Å². The number of benzene rings is 1. The zero-order valence-electron chi connectivity index (χ0n) is 10.0. The Labute approximate surface area is 102 Å². The third-order valence-corrected chi connectivity index (χ3v) is 4.00. The number of hydrogen-bond acceptors (Lipinski definition) is 3. The van der Waals surface area contributed by atoms with Crippen LogP contribution >= 0.6 is 11.8 Å². The first kappa shape index (κ1) is 12.0. The molecule has 1 aromatic carbocycles. The van der Waals surface area contributed by atoms with Crippen molar-refractivity contribution in [2.75, 3.05) is 13.1 Å². The summed E-state index contributed by atoms with van der Waals surface area (Å²) in [6, 6.07) is 10.7. The van der Waals surface area contributed by atoms with Crippen molar-refractivity contribution in [1.82, 2.24) is 10.4 Å². The molecule has 0 spiro atoms. The molecule has 0 amide bonds. The summed E-state index contributed by atoms with van der Waals surface area (Å²) >= 11 is 2.02. The molecular weight excluding hydrogens is 216 g/mol. The Hall–Kier alpha value is -0.510. The van der Waals surface area contributed by atoms with Gasteiger partial charge in [-0.3, -0.25) is 0 Å². The van der Waals surface area contributed by atoms with Crippen molar-refractivity contribution in [3.05, 3.63) is 35.9 Å². The molecule has 1 fully saturated rings. The number of nitrogens with one attached hydrogen (secondary N) is 1. The maximum Gasteiger partial charge on any atom is 0.0921 e. The first-order valence-electron chi connectivity index (χ1n) is 6.01. The Balaban J connectivity index is 2.04. The van der Waals surface area contributed by atoms with E-state index in [1.807, 2.05) is 11.8 Å². The topological polar surface area (TPSA) is 15.3 Å². The van der Waals surface area contributed by atoms with Gasteiger partial charge < -0.3 is 0 Å². The summed E-state index contributed by atoms with van der Waals surface area (Å²) in [5.74, 6) is 0. The fourth-order valence-electron chi connectivity index (χ4n) is 2.04. The van der Waals surface area contributed by atoms with Crippen molar-refractivity contribution < 1.29 is 0 Å². The van der Waals surface area contributed by atoms with Crippen LogP contribution in [0.4, 0.5) is 0 Å². The van der Waals surface area contributed by atoms with Crippen molar-refractivity contribution >= 4 is 11.8 Å². The summed E-state index contributed by atoms with van der Waals surface area (Å²) in [6.45, 7) is 6.81. The van der Waals surface area contributed by atoms with Crippen LogP contribution in [0.2, 0.25) is 0 Å². The minimum absolute atomic E-state index is 0.413. The first-order valence-corrected chi connectivity index (χ1v) is 6.95. The number of nitrogens with zero attached hydrogens (tertiary/aromatic N) is 1. The summed E-state index contributed by atoms with van der Waals surface area (Å²) in [6.07, 6.45) is 1.20. The fraction of sp³-hybridized carbons (Fsp3) is 0.538. The Bertz CT molecular complexity index is 315. The quantitative estimate of drug-likeness (QED) is 0.868. The van der Waals surface area contributed by atoms with Gasteiger partial charge in [-0.1, -0.05) is 44.2 Å². The standard InChI is InChI=1S/C13H20N2S/c1-3-9-15-10-11(2)16-13(14-15)12-7-5-4-6-8-12/h4-8,11,13-14H,3,9-10H2,1-2H3. The van der Waals surface area contributed by atoms with Gasteiger partial charge in [0.05, 0.1) is 5.37 Å². The van der Waals surface area contributed by atoms with Crippen LogP contribution in [0.25, 0.3) is 0 Å². The molecule has 0 radical (unpaired) electrons. The summed E-state index contributed by atoms with van der Waals surface area (Å²) in [5.41, 5.74) is 4.97. The smallest absolute Gasteiger partial charge is 0.0921 e. The van der Waals surface area contributed by atoms with Crippen molar-refractivity contribution in [2.24, 2.45) is 0 Å². The molecule has 88 valence electrons. The van der Waals surface area contributed by atoms with E-state index < -0.39 is 0 Å². The van der Waals surface area contributed by atoms with Crippen molar-refractivity contribution in [3.63, 3.8) is 0 Å². The van der Waals surface area contributed by atoms with E-state index in [1.165, 1.54) is 12.0 Å². The zero-order chi connectivity index (χ0) is 11.4. The Kier molecular flexibility index (Phi) is 4.27. The lowest BCUT2D eigenvalue weighted by atomic mass is 10.2. The molecule has 2 atom stereocenters. The SMILES string of the molecule is CCCN1CC(C)SC(c2ccccc2)N1. The predicted molar refractivity (Wildman–Crippen MR) is 71.2 cm³/mol. The summed E-state index contributed by atoms with van der Waals surface area (Å²) in [7, 11) is 0. The van der Waals surface area contributed by atoms with E-state index in [-0.39, 0.29) is 0 Å². The molecule has 1 N–H and O–H groups in total. The summed E-state index contributed by atoms with van der Waals surface area (Å²) in [4.78, 5) is 0. The van der Waals surface area contributed by atoms with Gasteiger partial charge in [-0.2, -0.15) is 0 Å². The van der Waals surface area contributed by atoms with Crippen LogP contribution in [0.1, 0.15) is 31.2 Å². The van der Waals surface area contributed by atoms with Crippen LogP contribution in [-0.2, 0) is 0 Å². The molecule has 2 rings (SSSR count). The Morgan fingerprint density at radius 1 is 1.38 bits per heavy atom. The normalized spacial score (nSPS) is 26.9. The van der Waals surface area contributed by atoms with Gasteiger partial charge in [0.1, 0.15) is 0 Å². The molecule has 1 aromatic rings. The molecule has 1 heterocycles. The molecule has 0 saturated carbocycles. The number of rotatable bonds is 3. The highest BCUT2D eigenvalue weighted by Gasteiger charge is 2.24. The number of thioether (sulfide) groups is 1. The second kappa shape index (κ2) is 5.71. The van der Waals surface area contributed by atoms with Crippen LogP contribution < -0.4 is 5.43 Å². The van der Waals surface area contributed by atoms with Gasteiger partial charge in [0.2, 0.25) is 0 Å². The lowest BCUT2D eigenvalue weighted by Crippen LogP contribution is -2.47. The van der Waals surface area contributed by atoms with Crippen molar-refractivity contribution in [3.8, 4) is 0 Å². The minimum Gasteiger partial charge on any atom is -0.242 e. The highest BCUT2D eigenvalue weighted by Crippen LogP contribution is 2.33. The lowest BCUT2D eigenvalue weighted by molar-refractivity contribution is 0.173. The molecular formula is C13H20N2S. The minimum atomic E-state index is 0.413. The van der Waals surface area contributed by atoms with Gasteiger partial charge >= 0.3 is 0 Å². The van der Waals surface area contributed by atoms with Crippen LogP contribution in [0.5, 0.6) is 0 Å². The maximum atomic E-state index is 3.60. The third-order valence-electron chi connectivity index (χ3n) is 2.74. The van der Waals surface area contributed by atoms with Crippen LogP contribution in [-0.4, -0.2) is 23.3 Å². The first-order chi connectivity index (χ1) is 7.79. The summed E-state index contributed by atoms with van der Waals surface area (Å²) in [5, 5.41) is 3.47. The molecule has 0 aromatic heterocycles. The Morgan fingerprint density at radius 3 is 2.81 bits per heavy atom. The molecule has 2 unspecified atom stereocenters. The van der Waals surface area contributed by atoms with E-state index in [9.17, 15) is 0 Å². The van der Waals surface area contributed by atoms with E-state index in [0.717, 1.165) is 13.1 Å². The molecule has 1 aliphatic heterocycles. The highest BCUT2D eigenvalue weighted by molar-refractivity contribution is 8.00. The van der Waals surface area contributed by atoms with E-state index >= 15 is 0 Å². The van der Waals surface area contributed by atoms with E-state index in [1.54, 1.807) is 0 Å². The molecule has 2 nitrogen and oxygen atoms in total. The monoisotopic (exact) mass is 236 g/mol. The average Bonchev–Trinajstić information content (AvgIpc) is 2.30. The fourth-order valence-corrected chi connectivity index (χ4v) is 3.30. The molecule has 0 aliphatic carbocycles. The molecule has 16 heavy (non-hydrogen) atoms. The van der Waals surface area contributed by atoms with Gasteiger partial charge in [0.25, 0.3) is 0 Å². The lowest BCUT2D eigenvalue weighted by Gasteiger charge is -2.37. The zero-order valence-corrected chi connectivity index (χ0v) is 10.8. The average molecular weight is 236 g/mol. The maximum absolute atomic E-state index is 3.60. The largest absolute Gasteiger partial charge is 0.242 e. The van der Waals surface area contributed by atoms with Gasteiger partial charge in [0, 0.05) is 18.3 Å². The third kappa shape index (κ3) is 3.00. The van der Waals surface area contributed by atoms with E-state index in [4.69, 9.17) is 0 Å². The predicted octanol–water partition coefficient (Wildman–Crippen LogP) is 3.04. The van der Waals surface area contributed by atoms with Gasteiger partial charge in [-0.15, -0.1) is 11.8 Å². The summed E-state index contributed by atoms with van der Waals surface area (Å²) < 4.78 is 0. The molecule has 1 aliphatic rings. The molecule has 1 saturated heterocycles. The highest BCUT2D eigenvalue weighted by atomic mass is 32.2. The van der Waals surface area contributed by atoms with Crippen molar-refractivity contribution in [1.29, 1.82) is 0 Å². The second-order valence-corrected chi connectivity index (χ2v) is 5.86. The van der Waals surface area contributed by atoms with Gasteiger partial charge in [0.15, 0.2) is 0 Å². The van der Waals surface area contributed by atoms with Gasteiger partial charge in [-0.25, -0.2) is 10.4 Å². The number of hydrazine groups is 1. The van der Waals surface area contributed by atoms with E-state index in [0.29, 0.717) is 10.6 Å². The second-order valence-electron chi connectivity index (χ2n) is 4.31. The number of hydrogen-bond donors (Lipinski definition) is 1. The molecule has 0 bridgehead atoms. The van der Waals surface area contributed by atoms with Gasteiger partial charge in [-0.05, 0) is 12.0 Å². The molecule has 3 heteroatoms. The Morgan fingerprint density at radius 2 is 2.12 bits per heavy atom. The van der Waals surface area contributed by atoms with E-state index in [2.05, 4.69) is 54.6 Å². The van der Waals surface area contributed by atoms with Crippen LogP contribution in [0.15, 0.2) is 30.3 Å². The van der Waals surface area contributed by atoms with Crippen LogP contribution in [0.3, 0.4) is 0 Å². The van der Waals surface area contributed by atoms with Crippen molar-refractivity contribution in [2.45, 2.75) is 30.9 Å².